The van der Waals surface area contributed by atoms with Gasteiger partial charge in [0.1, 0.15) is 0 Å². The molecule has 9 nitrogen and oxygen atoms in total. The summed E-state index contributed by atoms with van der Waals surface area (Å²) in [4.78, 5) is 28.7. The van der Waals surface area contributed by atoms with Gasteiger partial charge < -0.3 is 10.2 Å². The Bertz CT molecular complexity index is 1090. The van der Waals surface area contributed by atoms with E-state index < -0.39 is 16.4 Å². The van der Waals surface area contributed by atoms with Gasteiger partial charge in [0.15, 0.2) is 5.82 Å². The molecule has 0 spiro atoms. The molecule has 3 heterocycles. The molecule has 31 heavy (non-hydrogen) atoms. The van der Waals surface area contributed by atoms with Crippen molar-refractivity contribution in [1.29, 1.82) is 0 Å². The molecule has 1 amide bonds. The summed E-state index contributed by atoms with van der Waals surface area (Å²) >= 11 is 0. The van der Waals surface area contributed by atoms with E-state index in [4.69, 9.17) is 0 Å². The molecule has 1 saturated heterocycles. The maximum atomic E-state index is 13.5. The van der Waals surface area contributed by atoms with Gasteiger partial charge in [0.2, 0.25) is 11.7 Å². The highest BCUT2D eigenvalue weighted by molar-refractivity contribution is 5.93. The lowest BCUT2D eigenvalue weighted by atomic mass is 9.95. The van der Waals surface area contributed by atoms with E-state index >= 15 is 0 Å². The van der Waals surface area contributed by atoms with Crippen LogP contribution in [0.3, 0.4) is 0 Å². The predicted octanol–water partition coefficient (Wildman–Crippen LogP) is 3.44. The highest BCUT2D eigenvalue weighted by atomic mass is 19.1. The monoisotopic (exact) mass is 422 g/mol. The summed E-state index contributed by atoms with van der Waals surface area (Å²) in [6.45, 7) is 1.26. The molecule has 0 atom stereocenters. The van der Waals surface area contributed by atoms with Crippen molar-refractivity contribution in [1.82, 2.24) is 15.2 Å². The fraction of sp³-hybridized carbons (Fsp3) is 0.238. The third-order valence-electron chi connectivity index (χ3n) is 5.21. The first-order chi connectivity index (χ1) is 15.0. The Morgan fingerprint density at radius 1 is 1.16 bits per heavy atom. The highest BCUT2D eigenvalue weighted by Crippen LogP contribution is 2.26. The van der Waals surface area contributed by atoms with Gasteiger partial charge in [-0.25, -0.2) is 0 Å². The van der Waals surface area contributed by atoms with Gasteiger partial charge in [-0.3, -0.25) is 19.9 Å². The lowest BCUT2D eigenvalue weighted by Gasteiger charge is -2.31. The van der Waals surface area contributed by atoms with Crippen LogP contribution in [0.1, 0.15) is 12.8 Å². The van der Waals surface area contributed by atoms with E-state index in [1.165, 1.54) is 6.07 Å². The Kier molecular flexibility index (Phi) is 5.78. The fourth-order valence-corrected chi connectivity index (χ4v) is 3.51. The largest absolute Gasteiger partial charge is 0.355 e. The average molecular weight is 422 g/mol. The molecule has 0 saturated carbocycles. The van der Waals surface area contributed by atoms with Gasteiger partial charge in [0.05, 0.1) is 10.6 Å². The minimum Gasteiger partial charge on any atom is -0.355 e. The molecular weight excluding hydrogens is 403 g/mol. The molecule has 1 N–H and O–H groups in total. The van der Waals surface area contributed by atoms with Crippen molar-refractivity contribution in [2.24, 2.45) is 5.92 Å². The van der Waals surface area contributed by atoms with Crippen molar-refractivity contribution < 1.29 is 14.1 Å². The number of nitro benzene ring substituents is 1. The first kappa shape index (κ1) is 20.3. The first-order valence-electron chi connectivity index (χ1n) is 9.75. The van der Waals surface area contributed by atoms with Crippen LogP contribution in [0, 0.1) is 21.8 Å². The van der Waals surface area contributed by atoms with Crippen LogP contribution < -0.4 is 10.2 Å². The van der Waals surface area contributed by atoms with Crippen molar-refractivity contribution >= 4 is 23.1 Å². The molecule has 0 radical (unpaired) electrons. The Hall–Kier alpha value is -3.95. The molecule has 2 aromatic heterocycles. The molecule has 4 rings (SSSR count). The molecule has 1 fully saturated rings. The topological polar surface area (TPSA) is 114 Å². The zero-order valence-corrected chi connectivity index (χ0v) is 16.4. The number of anilines is 2. The average Bonchev–Trinajstić information content (AvgIpc) is 2.81. The minimum atomic E-state index is -0.938. The predicted molar refractivity (Wildman–Crippen MR) is 112 cm³/mol. The Morgan fingerprint density at radius 3 is 2.61 bits per heavy atom. The van der Waals surface area contributed by atoms with Crippen LogP contribution in [0.25, 0.3) is 11.3 Å². The summed E-state index contributed by atoms with van der Waals surface area (Å²) in [6, 6.07) is 10.9. The number of pyridine rings is 1. The zero-order valence-electron chi connectivity index (χ0n) is 16.4. The number of nitrogens with zero attached hydrogens (tertiary/aromatic N) is 5. The number of rotatable bonds is 5. The van der Waals surface area contributed by atoms with E-state index in [9.17, 15) is 19.3 Å². The Labute approximate surface area is 177 Å². The van der Waals surface area contributed by atoms with Crippen LogP contribution in [0.15, 0.2) is 54.9 Å². The summed E-state index contributed by atoms with van der Waals surface area (Å²) in [5.74, 6) is -0.686. The molecule has 158 valence electrons. The quantitative estimate of drug-likeness (QED) is 0.495. The number of nitrogens with one attached hydrogen (secondary N) is 1. The van der Waals surface area contributed by atoms with Gasteiger partial charge in [-0.15, -0.1) is 10.2 Å². The van der Waals surface area contributed by atoms with Crippen LogP contribution in [0.2, 0.25) is 0 Å². The third-order valence-corrected chi connectivity index (χ3v) is 5.21. The maximum Gasteiger partial charge on any atom is 0.306 e. The number of hydrogen-bond donors (Lipinski definition) is 1. The Morgan fingerprint density at radius 2 is 1.97 bits per heavy atom. The van der Waals surface area contributed by atoms with Gasteiger partial charge in [-0.2, -0.15) is 4.39 Å². The number of piperidine rings is 1. The number of carbonyl (C=O) groups is 1. The first-order valence-corrected chi connectivity index (χ1v) is 9.75. The second-order valence-electron chi connectivity index (χ2n) is 7.19. The van der Waals surface area contributed by atoms with E-state index in [0.29, 0.717) is 25.9 Å². The molecule has 0 bridgehead atoms. The second kappa shape index (κ2) is 8.82. The number of hydrogen-bond acceptors (Lipinski definition) is 7. The van der Waals surface area contributed by atoms with Gasteiger partial charge in [0.25, 0.3) is 0 Å². The SMILES string of the molecule is O=C(Nc1ccc(F)c([N+](=O)[O-])c1)C1CCN(c2ccc(-c3cccnc3)nn2)CC1. The van der Waals surface area contributed by atoms with Gasteiger partial charge >= 0.3 is 5.69 Å². The lowest BCUT2D eigenvalue weighted by molar-refractivity contribution is -0.387. The summed E-state index contributed by atoms with van der Waals surface area (Å²) in [7, 11) is 0. The van der Waals surface area contributed by atoms with E-state index in [1.54, 1.807) is 12.4 Å². The molecule has 0 unspecified atom stereocenters. The van der Waals surface area contributed by atoms with E-state index in [0.717, 1.165) is 29.2 Å². The highest BCUT2D eigenvalue weighted by Gasteiger charge is 2.26. The van der Waals surface area contributed by atoms with E-state index in [-0.39, 0.29) is 17.5 Å². The minimum absolute atomic E-state index is 0.206. The smallest absolute Gasteiger partial charge is 0.306 e. The number of benzene rings is 1. The summed E-state index contributed by atoms with van der Waals surface area (Å²) < 4.78 is 13.5. The van der Waals surface area contributed by atoms with Gasteiger partial charge in [-0.1, -0.05) is 0 Å². The standard InChI is InChI=1S/C21H19FN6O3/c22-17-4-3-16(12-19(17)28(30)31)24-21(29)14-7-10-27(11-8-14)20-6-5-18(25-26-20)15-2-1-9-23-13-15/h1-6,9,12-14H,7-8,10-11H2,(H,24,29). The van der Waals surface area contributed by atoms with Crippen LogP contribution in [0.5, 0.6) is 0 Å². The molecule has 1 aliphatic heterocycles. The van der Waals surface area contributed by atoms with Crippen LogP contribution in [0.4, 0.5) is 21.6 Å². The number of amides is 1. The fourth-order valence-electron chi connectivity index (χ4n) is 3.51. The van der Waals surface area contributed by atoms with Crippen LogP contribution >= 0.6 is 0 Å². The van der Waals surface area contributed by atoms with Crippen LogP contribution in [-0.2, 0) is 4.79 Å². The van der Waals surface area contributed by atoms with Crippen molar-refractivity contribution in [2.75, 3.05) is 23.3 Å². The zero-order chi connectivity index (χ0) is 21.8. The second-order valence-corrected chi connectivity index (χ2v) is 7.19. The number of aromatic nitrogens is 3. The Balaban J connectivity index is 1.35. The van der Waals surface area contributed by atoms with Crippen molar-refractivity contribution in [2.45, 2.75) is 12.8 Å². The summed E-state index contributed by atoms with van der Waals surface area (Å²) in [5.41, 5.74) is 1.16. The molecule has 1 aliphatic rings. The van der Waals surface area contributed by atoms with Gasteiger partial charge in [0, 0.05) is 48.7 Å². The van der Waals surface area contributed by atoms with Crippen molar-refractivity contribution in [3.05, 3.63) is 70.8 Å². The van der Waals surface area contributed by atoms with E-state index in [2.05, 4.69) is 25.4 Å². The van der Waals surface area contributed by atoms with E-state index in [1.807, 2.05) is 24.3 Å². The van der Waals surface area contributed by atoms with Crippen molar-refractivity contribution in [3.63, 3.8) is 0 Å². The van der Waals surface area contributed by atoms with Gasteiger partial charge in [-0.05, 0) is 49.2 Å². The van der Waals surface area contributed by atoms with Crippen molar-refractivity contribution in [3.8, 4) is 11.3 Å². The number of nitro groups is 1. The number of halogens is 1. The number of carbonyl (C=O) groups excluding carboxylic acids is 1. The van der Waals surface area contributed by atoms with Crippen LogP contribution in [-0.4, -0.2) is 39.1 Å². The molecular formula is C21H19FN6O3. The third kappa shape index (κ3) is 4.63. The molecule has 0 aliphatic carbocycles. The molecule has 3 aromatic rings. The maximum absolute atomic E-state index is 13.5. The summed E-state index contributed by atoms with van der Waals surface area (Å²) in [6.07, 6.45) is 4.62. The lowest BCUT2D eigenvalue weighted by Crippen LogP contribution is -2.38. The molecule has 10 heteroatoms. The normalized spacial score (nSPS) is 14.3. The summed E-state index contributed by atoms with van der Waals surface area (Å²) in [5, 5.41) is 22.1. The molecule has 1 aromatic carbocycles.